The number of hydrogen-bond donors (Lipinski definition) is 1. The van der Waals surface area contributed by atoms with Gasteiger partial charge in [0.15, 0.2) is 0 Å². The van der Waals surface area contributed by atoms with Gasteiger partial charge < -0.3 is 5.32 Å². The molecule has 0 atom stereocenters. The number of anilines is 1. The molecule has 1 amide bonds. The summed E-state index contributed by atoms with van der Waals surface area (Å²) in [5, 5.41) is 2.73. The first-order chi connectivity index (χ1) is 15.3. The molecule has 0 saturated carbocycles. The number of nitrogens with one attached hydrogen (secondary N) is 1. The van der Waals surface area contributed by atoms with E-state index < -0.39 is 28.5 Å². The Balaban J connectivity index is 1.61. The fourth-order valence-corrected chi connectivity index (χ4v) is 4.74. The van der Waals surface area contributed by atoms with Crippen LogP contribution in [-0.4, -0.2) is 57.3 Å². The number of benzene rings is 2. The Hall–Kier alpha value is -2.49. The van der Waals surface area contributed by atoms with Gasteiger partial charge in [-0.05, 0) is 49.2 Å². The lowest BCUT2D eigenvalue weighted by Gasteiger charge is -2.27. The van der Waals surface area contributed by atoms with E-state index in [-0.39, 0.29) is 12.2 Å². The van der Waals surface area contributed by atoms with Gasteiger partial charge in [-0.2, -0.15) is 12.7 Å². The second-order valence-electron chi connectivity index (χ2n) is 8.18. The van der Waals surface area contributed by atoms with Gasteiger partial charge in [-0.3, -0.25) is 9.69 Å². The number of halogens is 1. The molecule has 1 heterocycles. The molecule has 1 N–H and O–H groups in total. The Morgan fingerprint density at radius 1 is 1.00 bits per heavy atom. The molecular formula is C23H31FN4O3S. The van der Waals surface area contributed by atoms with Crippen molar-refractivity contribution in [3.8, 4) is 0 Å². The molecule has 7 nitrogen and oxygen atoms in total. The van der Waals surface area contributed by atoms with E-state index in [0.29, 0.717) is 0 Å². The van der Waals surface area contributed by atoms with E-state index in [1.807, 2.05) is 12.1 Å². The van der Waals surface area contributed by atoms with Crippen molar-refractivity contribution in [2.75, 3.05) is 38.0 Å². The zero-order valence-electron chi connectivity index (χ0n) is 18.6. The number of carbonyl (C=O) groups excluding carboxylic acids is 1. The van der Waals surface area contributed by atoms with Crippen molar-refractivity contribution in [3.05, 3.63) is 65.5 Å². The Morgan fingerprint density at radius 2 is 1.62 bits per heavy atom. The minimum Gasteiger partial charge on any atom is -0.350 e. The predicted octanol–water partition coefficient (Wildman–Crippen LogP) is 2.74. The molecule has 174 valence electrons. The summed E-state index contributed by atoms with van der Waals surface area (Å²) in [6.07, 6.45) is 3.80. The van der Waals surface area contributed by atoms with Crippen molar-refractivity contribution < 1.29 is 17.6 Å². The molecule has 9 heteroatoms. The lowest BCUT2D eigenvalue weighted by Crippen LogP contribution is -2.46. The largest absolute Gasteiger partial charge is 0.350 e. The lowest BCUT2D eigenvalue weighted by atomic mass is 10.1. The lowest BCUT2D eigenvalue weighted by molar-refractivity contribution is -0.119. The molecule has 2 aromatic carbocycles. The third-order valence-corrected chi connectivity index (χ3v) is 7.32. The summed E-state index contributed by atoms with van der Waals surface area (Å²) in [4.78, 5) is 15.0. The van der Waals surface area contributed by atoms with Crippen LogP contribution in [0.4, 0.5) is 10.1 Å². The maximum absolute atomic E-state index is 14.3. The summed E-state index contributed by atoms with van der Waals surface area (Å²) < 4.78 is 41.4. The monoisotopic (exact) mass is 462 g/mol. The highest BCUT2D eigenvalue weighted by Gasteiger charge is 2.29. The van der Waals surface area contributed by atoms with Crippen LogP contribution in [0.2, 0.25) is 0 Å². The zero-order valence-corrected chi connectivity index (χ0v) is 19.4. The van der Waals surface area contributed by atoms with E-state index in [1.54, 1.807) is 0 Å². The molecule has 32 heavy (non-hydrogen) atoms. The zero-order chi connectivity index (χ0) is 23.1. The summed E-state index contributed by atoms with van der Waals surface area (Å²) in [5.74, 6) is -1.23. The normalized spacial score (nSPS) is 15.0. The van der Waals surface area contributed by atoms with Gasteiger partial charge in [0.1, 0.15) is 12.4 Å². The molecule has 1 aliphatic heterocycles. The van der Waals surface area contributed by atoms with E-state index in [9.17, 15) is 17.6 Å². The van der Waals surface area contributed by atoms with E-state index in [2.05, 4.69) is 22.3 Å². The number of carbonyl (C=O) groups is 1. The van der Waals surface area contributed by atoms with Crippen LogP contribution in [0.15, 0.2) is 48.5 Å². The van der Waals surface area contributed by atoms with E-state index in [1.165, 1.54) is 57.1 Å². The molecule has 2 aromatic rings. The van der Waals surface area contributed by atoms with Gasteiger partial charge in [0.25, 0.3) is 0 Å². The van der Waals surface area contributed by atoms with Gasteiger partial charge in [-0.25, -0.2) is 8.70 Å². The molecule has 1 fully saturated rings. The average Bonchev–Trinajstić information content (AvgIpc) is 2.78. The van der Waals surface area contributed by atoms with Crippen molar-refractivity contribution in [1.82, 2.24) is 14.5 Å². The van der Waals surface area contributed by atoms with Gasteiger partial charge in [-0.15, -0.1) is 0 Å². The number of rotatable bonds is 9. The molecule has 0 bridgehead atoms. The van der Waals surface area contributed by atoms with Gasteiger partial charge in [0.2, 0.25) is 5.91 Å². The minimum atomic E-state index is -4.05. The highest BCUT2D eigenvalue weighted by Crippen LogP contribution is 2.22. The van der Waals surface area contributed by atoms with Crippen molar-refractivity contribution in [2.45, 2.75) is 32.4 Å². The van der Waals surface area contributed by atoms with Crippen LogP contribution < -0.4 is 9.62 Å². The van der Waals surface area contributed by atoms with Gasteiger partial charge in [0, 0.05) is 27.2 Å². The number of para-hydroxylation sites is 1. The van der Waals surface area contributed by atoms with Crippen molar-refractivity contribution >= 4 is 21.8 Å². The summed E-state index contributed by atoms with van der Waals surface area (Å²) in [6.45, 7) is 2.93. The van der Waals surface area contributed by atoms with Crippen LogP contribution in [0.5, 0.6) is 0 Å². The number of piperidine rings is 1. The van der Waals surface area contributed by atoms with E-state index in [0.717, 1.165) is 39.9 Å². The van der Waals surface area contributed by atoms with Crippen LogP contribution in [-0.2, 0) is 28.1 Å². The number of likely N-dealkylation sites (tertiary alicyclic amines) is 1. The van der Waals surface area contributed by atoms with E-state index in [4.69, 9.17) is 0 Å². The summed E-state index contributed by atoms with van der Waals surface area (Å²) in [7, 11) is -1.37. The molecule has 1 aliphatic rings. The second-order valence-corrected chi connectivity index (χ2v) is 10.2. The van der Waals surface area contributed by atoms with Crippen LogP contribution in [0.1, 0.15) is 30.4 Å². The van der Waals surface area contributed by atoms with Crippen LogP contribution >= 0.6 is 0 Å². The quantitative estimate of drug-likeness (QED) is 0.622. The molecular weight excluding hydrogens is 431 g/mol. The number of nitrogens with zero attached hydrogens (tertiary/aromatic N) is 3. The first kappa shape index (κ1) is 24.2. The summed E-state index contributed by atoms with van der Waals surface area (Å²) >= 11 is 0. The molecule has 0 radical (unpaired) electrons. The fourth-order valence-electron chi connectivity index (χ4n) is 3.67. The predicted molar refractivity (Wildman–Crippen MR) is 124 cm³/mol. The first-order valence-electron chi connectivity index (χ1n) is 10.8. The fraction of sp³-hybridized carbons (Fsp3) is 0.435. The van der Waals surface area contributed by atoms with Gasteiger partial charge >= 0.3 is 10.2 Å². The van der Waals surface area contributed by atoms with Gasteiger partial charge in [0.05, 0.1) is 5.69 Å². The highest BCUT2D eigenvalue weighted by molar-refractivity contribution is 7.90. The second kappa shape index (κ2) is 10.9. The van der Waals surface area contributed by atoms with Gasteiger partial charge in [-0.1, -0.05) is 42.8 Å². The molecule has 0 aromatic heterocycles. The highest BCUT2D eigenvalue weighted by atomic mass is 32.2. The minimum absolute atomic E-state index is 0.168. The van der Waals surface area contributed by atoms with Crippen LogP contribution in [0.25, 0.3) is 0 Å². The summed E-state index contributed by atoms with van der Waals surface area (Å²) in [6, 6.07) is 13.5. The third-order valence-electron chi connectivity index (χ3n) is 5.52. The molecule has 0 spiro atoms. The molecule has 3 rings (SSSR count). The van der Waals surface area contributed by atoms with Crippen molar-refractivity contribution in [1.29, 1.82) is 0 Å². The topological polar surface area (TPSA) is 73.0 Å². The SMILES string of the molecule is CN(C)S(=O)(=O)N(CC(=O)NCc1ccc(CN2CCCCC2)cc1)c1ccccc1F. The maximum Gasteiger partial charge on any atom is 0.304 e. The maximum atomic E-state index is 14.3. The third kappa shape index (κ3) is 6.27. The molecule has 0 aliphatic carbocycles. The molecule has 1 saturated heterocycles. The van der Waals surface area contributed by atoms with Crippen LogP contribution in [0, 0.1) is 5.82 Å². The smallest absolute Gasteiger partial charge is 0.304 e. The first-order valence-corrected chi connectivity index (χ1v) is 12.2. The Morgan fingerprint density at radius 3 is 2.25 bits per heavy atom. The average molecular weight is 463 g/mol. The van der Waals surface area contributed by atoms with Crippen molar-refractivity contribution in [2.24, 2.45) is 0 Å². The van der Waals surface area contributed by atoms with Crippen LogP contribution in [0.3, 0.4) is 0 Å². The number of hydrogen-bond acceptors (Lipinski definition) is 4. The standard InChI is InChI=1S/C23H31FN4O3S/c1-26(2)32(30,31)28(22-9-5-4-8-21(22)24)18-23(29)25-16-19-10-12-20(13-11-19)17-27-14-6-3-7-15-27/h4-5,8-13H,3,6-7,14-18H2,1-2H3,(H,25,29). The van der Waals surface area contributed by atoms with E-state index >= 15 is 0 Å². The molecule has 0 unspecified atom stereocenters. The Labute approximate surface area is 190 Å². The Bertz CT molecular complexity index is 1010. The van der Waals surface area contributed by atoms with Crippen molar-refractivity contribution in [3.63, 3.8) is 0 Å². The number of amides is 1. The Kier molecular flexibility index (Phi) is 8.22. The summed E-state index contributed by atoms with van der Waals surface area (Å²) in [5.41, 5.74) is 1.97.